The molecule has 0 aliphatic heterocycles. The zero-order chi connectivity index (χ0) is 22.3. The summed E-state index contributed by atoms with van der Waals surface area (Å²) in [6, 6.07) is 23.0. The number of methoxy groups -OCH3 is 1. The van der Waals surface area contributed by atoms with E-state index in [0.717, 1.165) is 28.2 Å². The van der Waals surface area contributed by atoms with E-state index in [0.29, 0.717) is 30.3 Å². The van der Waals surface area contributed by atoms with E-state index >= 15 is 0 Å². The quantitative estimate of drug-likeness (QED) is 0.409. The summed E-state index contributed by atoms with van der Waals surface area (Å²) in [6.45, 7) is 1.10. The largest absolute Gasteiger partial charge is 0.497 e. The molecule has 0 atom stereocenters. The van der Waals surface area contributed by atoms with Gasteiger partial charge in [-0.25, -0.2) is 4.98 Å². The van der Waals surface area contributed by atoms with Crippen molar-refractivity contribution >= 4 is 28.5 Å². The van der Waals surface area contributed by atoms with Crippen molar-refractivity contribution in [2.45, 2.75) is 13.0 Å². The average molecular weight is 450 g/mol. The van der Waals surface area contributed by atoms with E-state index in [1.807, 2.05) is 42.5 Å². The fraction of sp³-hybridized carbons (Fsp3) is 0.200. The predicted molar refractivity (Wildman–Crippen MR) is 125 cm³/mol. The number of benzene rings is 3. The molecule has 1 N–H and O–H groups in total. The highest BCUT2D eigenvalue weighted by molar-refractivity contribution is 6.30. The number of carbonyl (C=O) groups excluding carboxylic acids is 1. The molecule has 0 aliphatic rings. The topological polar surface area (TPSA) is 65.4 Å². The molecule has 1 heterocycles. The number of aromatic nitrogens is 2. The molecule has 0 radical (unpaired) electrons. The van der Waals surface area contributed by atoms with Crippen molar-refractivity contribution in [1.82, 2.24) is 14.9 Å². The summed E-state index contributed by atoms with van der Waals surface area (Å²) in [5.74, 6) is 2.16. The Morgan fingerprint density at radius 3 is 2.47 bits per heavy atom. The normalized spacial score (nSPS) is 10.8. The van der Waals surface area contributed by atoms with Gasteiger partial charge in [-0.3, -0.25) is 4.79 Å². The highest BCUT2D eigenvalue weighted by atomic mass is 35.5. The lowest BCUT2D eigenvalue weighted by molar-refractivity contribution is -0.123. The SMILES string of the molecule is COc1ccc(Cn2c(CCNC(=O)COc3ccc(Cl)cc3)nc3ccccc32)cc1. The second-order valence-corrected chi connectivity index (χ2v) is 7.73. The van der Waals surface area contributed by atoms with Gasteiger partial charge >= 0.3 is 0 Å². The average Bonchev–Trinajstić information content (AvgIpc) is 3.16. The molecule has 3 aromatic carbocycles. The van der Waals surface area contributed by atoms with Gasteiger partial charge < -0.3 is 19.4 Å². The Labute approximate surface area is 191 Å². The third kappa shape index (κ3) is 5.39. The van der Waals surface area contributed by atoms with Crippen LogP contribution in [0.4, 0.5) is 0 Å². The molecular formula is C25H24ClN3O3. The maximum atomic E-state index is 12.2. The van der Waals surface area contributed by atoms with Gasteiger partial charge in [-0.2, -0.15) is 0 Å². The summed E-state index contributed by atoms with van der Waals surface area (Å²) in [5.41, 5.74) is 3.15. The summed E-state index contributed by atoms with van der Waals surface area (Å²) >= 11 is 5.86. The maximum Gasteiger partial charge on any atom is 0.257 e. The zero-order valence-electron chi connectivity index (χ0n) is 17.8. The van der Waals surface area contributed by atoms with E-state index in [2.05, 4.69) is 16.0 Å². The van der Waals surface area contributed by atoms with Gasteiger partial charge in [0.05, 0.1) is 18.1 Å². The smallest absolute Gasteiger partial charge is 0.257 e. The monoisotopic (exact) mass is 449 g/mol. The Balaban J connectivity index is 1.39. The van der Waals surface area contributed by atoms with Crippen molar-refractivity contribution < 1.29 is 14.3 Å². The van der Waals surface area contributed by atoms with Gasteiger partial charge in [0.15, 0.2) is 6.61 Å². The molecule has 4 aromatic rings. The van der Waals surface area contributed by atoms with E-state index < -0.39 is 0 Å². The minimum atomic E-state index is -0.183. The van der Waals surface area contributed by atoms with Crippen LogP contribution in [0.3, 0.4) is 0 Å². The molecule has 0 saturated heterocycles. The van der Waals surface area contributed by atoms with Gasteiger partial charge in [-0.1, -0.05) is 35.9 Å². The van der Waals surface area contributed by atoms with Crippen LogP contribution >= 0.6 is 11.6 Å². The number of carbonyl (C=O) groups is 1. The van der Waals surface area contributed by atoms with Crippen LogP contribution in [0, 0.1) is 0 Å². The molecule has 4 rings (SSSR count). The molecule has 164 valence electrons. The van der Waals surface area contributed by atoms with Crippen LogP contribution < -0.4 is 14.8 Å². The van der Waals surface area contributed by atoms with E-state index in [9.17, 15) is 4.79 Å². The second kappa shape index (κ2) is 10.2. The molecule has 7 heteroatoms. The first-order valence-electron chi connectivity index (χ1n) is 10.3. The minimum Gasteiger partial charge on any atom is -0.497 e. The third-order valence-corrected chi connectivity index (χ3v) is 5.34. The van der Waals surface area contributed by atoms with E-state index in [-0.39, 0.29) is 12.5 Å². The fourth-order valence-electron chi connectivity index (χ4n) is 3.45. The number of nitrogens with zero attached hydrogens (tertiary/aromatic N) is 2. The van der Waals surface area contributed by atoms with Gasteiger partial charge in [-0.05, 0) is 54.1 Å². The van der Waals surface area contributed by atoms with Crippen LogP contribution in [-0.2, 0) is 17.8 Å². The van der Waals surface area contributed by atoms with Gasteiger partial charge in [0.25, 0.3) is 5.91 Å². The first-order chi connectivity index (χ1) is 15.6. The molecule has 0 aliphatic carbocycles. The van der Waals surface area contributed by atoms with Crippen LogP contribution in [0.2, 0.25) is 5.02 Å². The Bertz CT molecular complexity index is 1190. The Morgan fingerprint density at radius 1 is 1.00 bits per heavy atom. The molecule has 0 spiro atoms. The summed E-state index contributed by atoms with van der Waals surface area (Å²) in [5, 5.41) is 3.53. The van der Waals surface area contributed by atoms with E-state index in [4.69, 9.17) is 26.1 Å². The molecule has 0 saturated carbocycles. The summed E-state index contributed by atoms with van der Waals surface area (Å²) in [4.78, 5) is 17.0. The third-order valence-electron chi connectivity index (χ3n) is 5.09. The van der Waals surface area contributed by atoms with Crippen molar-refractivity contribution in [3.8, 4) is 11.5 Å². The van der Waals surface area contributed by atoms with Gasteiger partial charge in [0, 0.05) is 24.5 Å². The maximum absolute atomic E-state index is 12.2. The second-order valence-electron chi connectivity index (χ2n) is 7.29. The molecule has 32 heavy (non-hydrogen) atoms. The Morgan fingerprint density at radius 2 is 1.72 bits per heavy atom. The molecule has 0 bridgehead atoms. The standard InChI is InChI=1S/C25H24ClN3O3/c1-31-20-10-6-18(7-11-20)16-29-23-5-3-2-4-22(23)28-24(29)14-15-27-25(30)17-32-21-12-8-19(26)9-13-21/h2-13H,14-17H2,1H3,(H,27,30). The zero-order valence-corrected chi connectivity index (χ0v) is 18.5. The highest BCUT2D eigenvalue weighted by Gasteiger charge is 2.12. The number of nitrogens with one attached hydrogen (secondary N) is 1. The molecular weight excluding hydrogens is 426 g/mol. The van der Waals surface area contributed by atoms with Crippen molar-refractivity contribution in [3.05, 3.63) is 89.2 Å². The van der Waals surface area contributed by atoms with Crippen molar-refractivity contribution in [3.63, 3.8) is 0 Å². The lowest BCUT2D eigenvalue weighted by Gasteiger charge is -2.11. The van der Waals surface area contributed by atoms with Crippen LogP contribution in [0.1, 0.15) is 11.4 Å². The molecule has 6 nitrogen and oxygen atoms in total. The first kappa shape index (κ1) is 21.7. The highest BCUT2D eigenvalue weighted by Crippen LogP contribution is 2.20. The molecule has 0 fully saturated rings. The number of ether oxygens (including phenoxy) is 2. The molecule has 0 unspecified atom stereocenters. The Hall–Kier alpha value is -3.51. The molecule has 1 aromatic heterocycles. The number of amides is 1. The summed E-state index contributed by atoms with van der Waals surface area (Å²) < 4.78 is 12.9. The first-order valence-corrected chi connectivity index (χ1v) is 10.7. The number of imidazole rings is 1. The van der Waals surface area contributed by atoms with Gasteiger partial charge in [0.1, 0.15) is 17.3 Å². The number of hydrogen-bond acceptors (Lipinski definition) is 4. The minimum absolute atomic E-state index is 0.0517. The summed E-state index contributed by atoms with van der Waals surface area (Å²) in [7, 11) is 1.66. The van der Waals surface area contributed by atoms with Crippen molar-refractivity contribution in [1.29, 1.82) is 0 Å². The van der Waals surface area contributed by atoms with Crippen molar-refractivity contribution in [2.75, 3.05) is 20.3 Å². The number of fused-ring (bicyclic) bond motifs is 1. The van der Waals surface area contributed by atoms with Gasteiger partial charge in [-0.15, -0.1) is 0 Å². The van der Waals surface area contributed by atoms with Crippen LogP contribution in [0.5, 0.6) is 11.5 Å². The fourth-order valence-corrected chi connectivity index (χ4v) is 3.58. The van der Waals surface area contributed by atoms with Crippen LogP contribution in [0.25, 0.3) is 11.0 Å². The number of hydrogen-bond donors (Lipinski definition) is 1. The van der Waals surface area contributed by atoms with E-state index in [1.165, 1.54) is 0 Å². The van der Waals surface area contributed by atoms with Crippen LogP contribution in [0.15, 0.2) is 72.8 Å². The lowest BCUT2D eigenvalue weighted by Crippen LogP contribution is -2.31. The number of halogens is 1. The predicted octanol–water partition coefficient (Wildman–Crippen LogP) is 4.48. The Kier molecular flexibility index (Phi) is 6.92. The lowest BCUT2D eigenvalue weighted by atomic mass is 10.2. The van der Waals surface area contributed by atoms with Gasteiger partial charge in [0.2, 0.25) is 0 Å². The number of para-hydroxylation sites is 2. The van der Waals surface area contributed by atoms with Crippen molar-refractivity contribution in [2.24, 2.45) is 0 Å². The van der Waals surface area contributed by atoms with Crippen LogP contribution in [-0.4, -0.2) is 35.7 Å². The molecule has 1 amide bonds. The van der Waals surface area contributed by atoms with E-state index in [1.54, 1.807) is 31.4 Å². The summed E-state index contributed by atoms with van der Waals surface area (Å²) in [6.07, 6.45) is 0.609. The number of rotatable bonds is 9.